The number of piperidine rings is 1. The van der Waals surface area contributed by atoms with Gasteiger partial charge in [0.25, 0.3) is 11.5 Å². The molecule has 3 heterocycles. The Morgan fingerprint density at radius 2 is 1.83 bits per heavy atom. The van der Waals surface area contributed by atoms with Gasteiger partial charge in [-0.25, -0.2) is 4.98 Å². The van der Waals surface area contributed by atoms with Crippen LogP contribution >= 0.6 is 0 Å². The van der Waals surface area contributed by atoms with Crippen molar-refractivity contribution < 1.29 is 14.0 Å². The molecule has 0 aromatic carbocycles. The fraction of sp³-hybridized carbons (Fsp3) is 0.619. The summed E-state index contributed by atoms with van der Waals surface area (Å²) in [7, 11) is 1.60. The fourth-order valence-corrected chi connectivity index (χ4v) is 4.51. The van der Waals surface area contributed by atoms with Gasteiger partial charge in [-0.15, -0.1) is 0 Å². The smallest absolute Gasteiger partial charge is 0.265 e. The van der Waals surface area contributed by atoms with Crippen LogP contribution in [0.15, 0.2) is 15.5 Å². The molecule has 1 saturated carbocycles. The number of hydrogen-bond acceptors (Lipinski definition) is 5. The summed E-state index contributed by atoms with van der Waals surface area (Å²) in [5.41, 5.74) is 0.215. The van der Waals surface area contributed by atoms with E-state index in [1.165, 1.54) is 17.3 Å². The average Bonchev–Trinajstić information content (AvgIpc) is 3.08. The van der Waals surface area contributed by atoms with Crippen LogP contribution in [0.25, 0.3) is 11.1 Å². The van der Waals surface area contributed by atoms with E-state index in [0.29, 0.717) is 24.4 Å². The molecule has 2 aromatic rings. The molecular formula is C21H28N4O4. The van der Waals surface area contributed by atoms with Gasteiger partial charge in [-0.1, -0.05) is 19.3 Å². The quantitative estimate of drug-likeness (QED) is 0.851. The van der Waals surface area contributed by atoms with Crippen molar-refractivity contribution >= 4 is 22.9 Å². The maximum absolute atomic E-state index is 13.1. The van der Waals surface area contributed by atoms with Crippen molar-refractivity contribution in [1.82, 2.24) is 19.8 Å². The Kier molecular flexibility index (Phi) is 5.43. The van der Waals surface area contributed by atoms with Crippen molar-refractivity contribution in [3.8, 4) is 0 Å². The van der Waals surface area contributed by atoms with Crippen LogP contribution in [0.4, 0.5) is 0 Å². The lowest BCUT2D eigenvalue weighted by Gasteiger charge is -2.33. The molecule has 156 valence electrons. The van der Waals surface area contributed by atoms with Gasteiger partial charge in [-0.2, -0.15) is 0 Å². The van der Waals surface area contributed by atoms with Crippen molar-refractivity contribution in [3.63, 3.8) is 0 Å². The Bertz CT molecular complexity index is 978. The van der Waals surface area contributed by atoms with Crippen LogP contribution in [0.3, 0.4) is 0 Å². The second-order valence-electron chi connectivity index (χ2n) is 8.28. The van der Waals surface area contributed by atoms with Crippen LogP contribution in [0.2, 0.25) is 0 Å². The zero-order valence-electron chi connectivity index (χ0n) is 17.1. The molecule has 1 aliphatic carbocycles. The van der Waals surface area contributed by atoms with Crippen molar-refractivity contribution in [1.29, 1.82) is 0 Å². The normalized spacial score (nSPS) is 18.9. The van der Waals surface area contributed by atoms with E-state index in [9.17, 15) is 14.4 Å². The predicted octanol–water partition coefficient (Wildman–Crippen LogP) is 2.14. The summed E-state index contributed by atoms with van der Waals surface area (Å²) in [6.45, 7) is 2.77. The van der Waals surface area contributed by atoms with Gasteiger partial charge in [0.2, 0.25) is 11.6 Å². The molecule has 29 heavy (non-hydrogen) atoms. The highest BCUT2D eigenvalue weighted by molar-refractivity contribution is 6.06. The average molecular weight is 400 g/mol. The Morgan fingerprint density at radius 3 is 2.52 bits per heavy atom. The third-order valence-electron chi connectivity index (χ3n) is 6.27. The molecule has 8 nitrogen and oxygen atoms in total. The van der Waals surface area contributed by atoms with Gasteiger partial charge in [-0.05, 0) is 32.6 Å². The largest absolute Gasteiger partial charge is 0.442 e. The Balaban J connectivity index is 1.43. The van der Waals surface area contributed by atoms with E-state index in [1.54, 1.807) is 18.9 Å². The molecule has 1 aliphatic heterocycles. The van der Waals surface area contributed by atoms with Crippen LogP contribution in [0, 0.1) is 12.8 Å². The van der Waals surface area contributed by atoms with Gasteiger partial charge in [0.05, 0.1) is 5.56 Å². The van der Waals surface area contributed by atoms with Crippen LogP contribution in [-0.2, 0) is 11.8 Å². The third-order valence-corrected chi connectivity index (χ3v) is 6.27. The first kappa shape index (κ1) is 19.7. The number of aryl methyl sites for hydroxylation is 2. The van der Waals surface area contributed by atoms with E-state index in [0.717, 1.165) is 38.5 Å². The Labute approximate surface area is 169 Å². The predicted molar refractivity (Wildman–Crippen MR) is 108 cm³/mol. The van der Waals surface area contributed by atoms with E-state index < -0.39 is 0 Å². The molecule has 0 unspecified atom stereocenters. The second-order valence-corrected chi connectivity index (χ2v) is 8.28. The molecule has 0 atom stereocenters. The maximum atomic E-state index is 13.1. The number of carbonyl (C=O) groups is 2. The molecule has 0 spiro atoms. The molecule has 0 bridgehead atoms. The molecule has 8 heteroatoms. The molecule has 2 aliphatic rings. The monoisotopic (exact) mass is 400 g/mol. The highest BCUT2D eigenvalue weighted by Gasteiger charge is 2.31. The number of nitrogens with one attached hydrogen (secondary N) is 1. The number of amides is 2. The summed E-state index contributed by atoms with van der Waals surface area (Å²) in [5.74, 6) is 0.518. The molecule has 4 rings (SSSR count). The van der Waals surface area contributed by atoms with E-state index in [4.69, 9.17) is 4.42 Å². The first-order chi connectivity index (χ1) is 14.0. The summed E-state index contributed by atoms with van der Waals surface area (Å²) >= 11 is 0. The molecule has 0 radical (unpaired) electrons. The fourth-order valence-electron chi connectivity index (χ4n) is 4.51. The standard InChI is InChI=1S/C21H28N4O4/c1-13-16(17-19(29-13)22-12-24(2)20(17)27)21(28)25-10-8-15(9-11-25)23-18(26)14-6-4-3-5-7-14/h12,14-15H,3-11H2,1-2H3,(H,23,26). The van der Waals surface area contributed by atoms with E-state index in [-0.39, 0.29) is 40.4 Å². The number of hydrogen-bond donors (Lipinski definition) is 1. The Morgan fingerprint density at radius 1 is 1.14 bits per heavy atom. The topological polar surface area (TPSA) is 97.4 Å². The second kappa shape index (κ2) is 8.00. The van der Waals surface area contributed by atoms with Gasteiger partial charge in [0.1, 0.15) is 17.5 Å². The van der Waals surface area contributed by atoms with Crippen molar-refractivity contribution in [2.24, 2.45) is 13.0 Å². The van der Waals surface area contributed by atoms with Crippen LogP contribution in [0.1, 0.15) is 61.1 Å². The summed E-state index contributed by atoms with van der Waals surface area (Å²) in [5, 5.41) is 3.42. The SMILES string of the molecule is Cc1oc2ncn(C)c(=O)c2c1C(=O)N1CCC(NC(=O)C2CCCCC2)CC1. The van der Waals surface area contributed by atoms with Gasteiger partial charge < -0.3 is 19.2 Å². The molecule has 2 fully saturated rings. The number of nitrogens with zero attached hydrogens (tertiary/aromatic N) is 3. The number of aromatic nitrogens is 2. The van der Waals surface area contributed by atoms with Crippen LogP contribution < -0.4 is 10.9 Å². The lowest BCUT2D eigenvalue weighted by molar-refractivity contribution is -0.126. The molecule has 2 amide bonds. The molecule has 1 N–H and O–H groups in total. The minimum absolute atomic E-state index is 0.102. The summed E-state index contributed by atoms with van der Waals surface area (Å²) in [6, 6.07) is 0.102. The van der Waals surface area contributed by atoms with Gasteiger partial charge in [0.15, 0.2) is 0 Å². The highest BCUT2D eigenvalue weighted by Crippen LogP contribution is 2.26. The Hall–Kier alpha value is -2.64. The zero-order valence-corrected chi connectivity index (χ0v) is 17.1. The minimum Gasteiger partial charge on any atom is -0.442 e. The van der Waals surface area contributed by atoms with Crippen LogP contribution in [-0.4, -0.2) is 45.4 Å². The lowest BCUT2D eigenvalue weighted by Crippen LogP contribution is -2.48. The zero-order chi connectivity index (χ0) is 20.5. The summed E-state index contributed by atoms with van der Waals surface area (Å²) < 4.78 is 6.91. The van der Waals surface area contributed by atoms with E-state index in [2.05, 4.69) is 10.3 Å². The first-order valence-corrected chi connectivity index (χ1v) is 10.5. The van der Waals surface area contributed by atoms with E-state index >= 15 is 0 Å². The molecule has 2 aromatic heterocycles. The number of furan rings is 1. The van der Waals surface area contributed by atoms with Gasteiger partial charge >= 0.3 is 0 Å². The highest BCUT2D eigenvalue weighted by atomic mass is 16.3. The first-order valence-electron chi connectivity index (χ1n) is 10.5. The van der Waals surface area contributed by atoms with E-state index in [1.807, 2.05) is 0 Å². The minimum atomic E-state index is -0.287. The number of carbonyl (C=O) groups excluding carboxylic acids is 2. The summed E-state index contributed by atoms with van der Waals surface area (Å²) in [6.07, 6.45) is 8.30. The number of rotatable bonds is 3. The van der Waals surface area contributed by atoms with Crippen molar-refractivity contribution in [2.45, 2.75) is 57.9 Å². The molecular weight excluding hydrogens is 372 g/mol. The molecule has 1 saturated heterocycles. The summed E-state index contributed by atoms with van der Waals surface area (Å²) in [4.78, 5) is 44.0. The van der Waals surface area contributed by atoms with Crippen molar-refractivity contribution in [2.75, 3.05) is 13.1 Å². The number of likely N-dealkylation sites (tertiary alicyclic amines) is 1. The van der Waals surface area contributed by atoms with Crippen LogP contribution in [0.5, 0.6) is 0 Å². The lowest BCUT2D eigenvalue weighted by atomic mass is 9.88. The van der Waals surface area contributed by atoms with Gasteiger partial charge in [-0.3, -0.25) is 14.4 Å². The maximum Gasteiger partial charge on any atom is 0.265 e. The van der Waals surface area contributed by atoms with Crippen molar-refractivity contribution in [3.05, 3.63) is 28.0 Å². The van der Waals surface area contributed by atoms with Gasteiger partial charge in [0, 0.05) is 32.1 Å². The third kappa shape index (κ3) is 3.80. The number of fused-ring (bicyclic) bond motifs is 1.